The van der Waals surface area contributed by atoms with Crippen molar-refractivity contribution in [3.05, 3.63) is 42.5 Å². The van der Waals surface area contributed by atoms with Gasteiger partial charge in [0.1, 0.15) is 0 Å². The van der Waals surface area contributed by atoms with Gasteiger partial charge in [0.15, 0.2) is 0 Å². The average Bonchev–Trinajstić information content (AvgIpc) is 2.67. The Balaban J connectivity index is 1.63. The summed E-state index contributed by atoms with van der Waals surface area (Å²) in [5, 5.41) is 4.89. The Bertz CT molecular complexity index is 906. The van der Waals surface area contributed by atoms with E-state index in [1.807, 2.05) is 49.1 Å². The molecule has 0 bridgehead atoms. The topological polar surface area (TPSA) is 69.7 Å². The number of benzene rings is 2. The lowest BCUT2D eigenvalue weighted by Gasteiger charge is -2.33. The van der Waals surface area contributed by atoms with Gasteiger partial charge in [-0.2, -0.15) is 4.31 Å². The molecule has 2 aromatic rings. The van der Waals surface area contributed by atoms with Gasteiger partial charge in [0.2, 0.25) is 15.9 Å². The summed E-state index contributed by atoms with van der Waals surface area (Å²) >= 11 is 0. The van der Waals surface area contributed by atoms with E-state index in [0.29, 0.717) is 37.6 Å². The fraction of sp³-hybridized carbons (Fsp3) is 0.450. The molecule has 1 atom stereocenters. The summed E-state index contributed by atoms with van der Waals surface area (Å²) in [7, 11) is -3.52. The number of hydrogen-bond donors (Lipinski definition) is 1. The standard InChI is InChI=1S/C20H27N3O3S/c1-3-16(2)21-20(24)15-22-10-12-23(13-11-22)27(25,26)19-9-8-17-6-4-5-7-18(17)14-19/h4-9,14,16H,3,10-13,15H2,1-2H3,(H,21,24). The fourth-order valence-corrected chi connectivity index (χ4v) is 4.69. The van der Waals surface area contributed by atoms with Crippen LogP contribution in [0.2, 0.25) is 0 Å². The molecule has 1 unspecified atom stereocenters. The molecule has 1 fully saturated rings. The van der Waals surface area contributed by atoms with Crippen molar-refractivity contribution in [2.45, 2.75) is 31.2 Å². The van der Waals surface area contributed by atoms with Gasteiger partial charge in [-0.05, 0) is 36.2 Å². The van der Waals surface area contributed by atoms with Crippen molar-refractivity contribution < 1.29 is 13.2 Å². The highest BCUT2D eigenvalue weighted by atomic mass is 32.2. The average molecular weight is 390 g/mol. The molecule has 1 N–H and O–H groups in total. The van der Waals surface area contributed by atoms with Crippen LogP contribution >= 0.6 is 0 Å². The number of rotatable bonds is 6. The molecule has 1 aliphatic heterocycles. The van der Waals surface area contributed by atoms with E-state index in [4.69, 9.17) is 0 Å². The minimum absolute atomic E-state index is 0.00446. The van der Waals surface area contributed by atoms with Crippen molar-refractivity contribution in [1.82, 2.24) is 14.5 Å². The fourth-order valence-electron chi connectivity index (χ4n) is 3.23. The summed E-state index contributed by atoms with van der Waals surface area (Å²) in [4.78, 5) is 14.3. The monoisotopic (exact) mass is 389 g/mol. The summed E-state index contributed by atoms with van der Waals surface area (Å²) in [6.45, 7) is 6.22. The molecule has 1 aliphatic rings. The maximum atomic E-state index is 13.0. The number of carbonyl (C=O) groups excluding carboxylic acids is 1. The third-order valence-corrected chi connectivity index (χ3v) is 6.97. The van der Waals surface area contributed by atoms with Crippen molar-refractivity contribution >= 4 is 26.7 Å². The van der Waals surface area contributed by atoms with Crippen molar-refractivity contribution in [3.8, 4) is 0 Å². The van der Waals surface area contributed by atoms with Crippen LogP contribution in [0.4, 0.5) is 0 Å². The Morgan fingerprint density at radius 1 is 1.07 bits per heavy atom. The number of amides is 1. The number of hydrogen-bond acceptors (Lipinski definition) is 4. The van der Waals surface area contributed by atoms with Crippen LogP contribution in [0, 0.1) is 0 Å². The van der Waals surface area contributed by atoms with E-state index in [-0.39, 0.29) is 11.9 Å². The molecule has 0 aliphatic carbocycles. The Kier molecular flexibility index (Phi) is 6.14. The van der Waals surface area contributed by atoms with Gasteiger partial charge in [0.25, 0.3) is 0 Å². The highest BCUT2D eigenvalue weighted by molar-refractivity contribution is 7.89. The Morgan fingerprint density at radius 2 is 1.74 bits per heavy atom. The van der Waals surface area contributed by atoms with E-state index < -0.39 is 10.0 Å². The first-order chi connectivity index (χ1) is 12.9. The SMILES string of the molecule is CCC(C)NC(=O)CN1CCN(S(=O)(=O)c2ccc3ccccc3c2)CC1. The van der Waals surface area contributed by atoms with Crippen molar-refractivity contribution in [1.29, 1.82) is 0 Å². The Hall–Kier alpha value is -1.96. The van der Waals surface area contributed by atoms with Crippen LogP contribution in [-0.4, -0.2) is 62.3 Å². The second-order valence-electron chi connectivity index (χ2n) is 7.07. The molecule has 27 heavy (non-hydrogen) atoms. The van der Waals surface area contributed by atoms with E-state index in [0.717, 1.165) is 17.2 Å². The molecular weight excluding hydrogens is 362 g/mol. The number of piperazine rings is 1. The van der Waals surface area contributed by atoms with E-state index in [2.05, 4.69) is 5.32 Å². The molecule has 146 valence electrons. The van der Waals surface area contributed by atoms with Gasteiger partial charge in [-0.15, -0.1) is 0 Å². The lowest BCUT2D eigenvalue weighted by atomic mass is 10.1. The molecule has 7 heteroatoms. The van der Waals surface area contributed by atoms with E-state index in [9.17, 15) is 13.2 Å². The first-order valence-electron chi connectivity index (χ1n) is 9.41. The third kappa shape index (κ3) is 4.66. The van der Waals surface area contributed by atoms with Crippen molar-refractivity contribution in [2.75, 3.05) is 32.7 Å². The van der Waals surface area contributed by atoms with Gasteiger partial charge >= 0.3 is 0 Å². The molecule has 2 aromatic carbocycles. The van der Waals surface area contributed by atoms with Crippen molar-refractivity contribution in [2.24, 2.45) is 0 Å². The van der Waals surface area contributed by atoms with Crippen molar-refractivity contribution in [3.63, 3.8) is 0 Å². The largest absolute Gasteiger partial charge is 0.353 e. The summed E-state index contributed by atoms with van der Waals surface area (Å²) in [5.74, 6) is -0.00446. The highest BCUT2D eigenvalue weighted by Gasteiger charge is 2.29. The number of nitrogens with zero attached hydrogens (tertiary/aromatic N) is 2. The first kappa shape index (κ1) is 19.8. The van der Waals surface area contributed by atoms with Crippen LogP contribution in [-0.2, 0) is 14.8 Å². The van der Waals surface area contributed by atoms with Crippen LogP contribution in [0.5, 0.6) is 0 Å². The lowest BCUT2D eigenvalue weighted by Crippen LogP contribution is -2.51. The predicted octanol–water partition coefficient (Wildman–Crippen LogP) is 2.06. The predicted molar refractivity (Wildman–Crippen MR) is 107 cm³/mol. The minimum atomic E-state index is -3.52. The smallest absolute Gasteiger partial charge is 0.243 e. The number of sulfonamides is 1. The molecular formula is C20H27N3O3S. The molecule has 0 spiro atoms. The van der Waals surface area contributed by atoms with Gasteiger partial charge in [-0.25, -0.2) is 8.42 Å². The second-order valence-corrected chi connectivity index (χ2v) is 9.00. The van der Waals surface area contributed by atoms with Crippen LogP contribution in [0.15, 0.2) is 47.4 Å². The molecule has 0 aromatic heterocycles. The molecule has 0 saturated carbocycles. The summed E-state index contributed by atoms with van der Waals surface area (Å²) < 4.78 is 27.5. The van der Waals surface area contributed by atoms with Gasteiger partial charge in [-0.1, -0.05) is 37.3 Å². The van der Waals surface area contributed by atoms with Crippen LogP contribution in [0.1, 0.15) is 20.3 Å². The quantitative estimate of drug-likeness (QED) is 0.821. The summed E-state index contributed by atoms with van der Waals surface area (Å²) in [6, 6.07) is 13.1. The van der Waals surface area contributed by atoms with Gasteiger partial charge in [0.05, 0.1) is 11.4 Å². The van der Waals surface area contributed by atoms with Gasteiger partial charge in [0, 0.05) is 32.2 Å². The number of fused-ring (bicyclic) bond motifs is 1. The minimum Gasteiger partial charge on any atom is -0.353 e. The maximum absolute atomic E-state index is 13.0. The van der Waals surface area contributed by atoms with E-state index in [1.165, 1.54) is 4.31 Å². The summed E-state index contributed by atoms with van der Waals surface area (Å²) in [5.41, 5.74) is 0. The number of nitrogens with one attached hydrogen (secondary N) is 1. The van der Waals surface area contributed by atoms with E-state index >= 15 is 0 Å². The normalized spacial score (nSPS) is 17.7. The number of carbonyl (C=O) groups is 1. The zero-order valence-corrected chi connectivity index (χ0v) is 16.7. The third-order valence-electron chi connectivity index (χ3n) is 5.08. The first-order valence-corrected chi connectivity index (χ1v) is 10.8. The molecule has 1 amide bonds. The zero-order chi connectivity index (χ0) is 19.4. The van der Waals surface area contributed by atoms with Gasteiger partial charge < -0.3 is 5.32 Å². The van der Waals surface area contributed by atoms with Crippen LogP contribution in [0.3, 0.4) is 0 Å². The molecule has 3 rings (SSSR count). The Morgan fingerprint density at radius 3 is 2.41 bits per heavy atom. The molecule has 1 saturated heterocycles. The van der Waals surface area contributed by atoms with Gasteiger partial charge in [-0.3, -0.25) is 9.69 Å². The second kappa shape index (κ2) is 8.37. The summed E-state index contributed by atoms with van der Waals surface area (Å²) in [6.07, 6.45) is 0.892. The molecule has 6 nitrogen and oxygen atoms in total. The maximum Gasteiger partial charge on any atom is 0.243 e. The Labute approximate surface area is 161 Å². The van der Waals surface area contributed by atoms with E-state index in [1.54, 1.807) is 12.1 Å². The molecule has 1 heterocycles. The lowest BCUT2D eigenvalue weighted by molar-refractivity contribution is -0.123. The zero-order valence-electron chi connectivity index (χ0n) is 15.9. The van der Waals surface area contributed by atoms with Crippen LogP contribution < -0.4 is 5.32 Å². The highest BCUT2D eigenvalue weighted by Crippen LogP contribution is 2.22. The molecule has 0 radical (unpaired) electrons. The van der Waals surface area contributed by atoms with Crippen LogP contribution in [0.25, 0.3) is 10.8 Å².